The van der Waals surface area contributed by atoms with Gasteiger partial charge in [-0.2, -0.15) is 0 Å². The van der Waals surface area contributed by atoms with E-state index < -0.39 is 0 Å². The first-order valence-corrected chi connectivity index (χ1v) is 16.9. The van der Waals surface area contributed by atoms with Crippen molar-refractivity contribution in [2.75, 3.05) is 39.9 Å². The number of likely N-dealkylation sites (N-methyl/N-ethyl adjacent to an activating group) is 1. The molecule has 0 aromatic heterocycles. The fraction of sp³-hybridized carbons (Fsp3) is 0.676. The van der Waals surface area contributed by atoms with Crippen LogP contribution in [0.1, 0.15) is 133 Å². The first kappa shape index (κ1) is 32.8. The molecule has 1 fully saturated rings. The van der Waals surface area contributed by atoms with Crippen LogP contribution in [-0.2, 0) is 4.74 Å². The molecule has 0 spiro atoms. The van der Waals surface area contributed by atoms with Gasteiger partial charge in [-0.1, -0.05) is 164 Å². The Kier molecular flexibility index (Phi) is 17.3. The van der Waals surface area contributed by atoms with Gasteiger partial charge in [0.2, 0.25) is 0 Å². The zero-order valence-electron chi connectivity index (χ0n) is 26.1. The highest BCUT2D eigenvalue weighted by Crippen LogP contribution is 2.38. The Morgan fingerprint density at radius 1 is 0.600 bits per heavy atom. The minimum atomic E-state index is 0.332. The summed E-state index contributed by atoms with van der Waals surface area (Å²) in [6, 6.07) is 23.0. The molecule has 0 aliphatic carbocycles. The summed E-state index contributed by atoms with van der Waals surface area (Å²) < 4.78 is 5.74. The summed E-state index contributed by atoms with van der Waals surface area (Å²) in [5.74, 6) is 0. The molecule has 1 saturated heterocycles. The largest absolute Gasteiger partial charge is 0.379 e. The van der Waals surface area contributed by atoms with E-state index >= 15 is 0 Å². The molecule has 2 aromatic carbocycles. The zero-order valence-corrected chi connectivity index (χ0v) is 26.1. The van der Waals surface area contributed by atoms with Crippen LogP contribution in [0.4, 0.5) is 0 Å². The van der Waals surface area contributed by atoms with E-state index in [2.05, 4.69) is 84.4 Å². The Hall–Kier alpha value is -1.68. The Morgan fingerprint density at radius 3 is 1.50 bits per heavy atom. The van der Waals surface area contributed by atoms with E-state index in [0.717, 1.165) is 32.8 Å². The molecule has 0 saturated carbocycles. The van der Waals surface area contributed by atoms with Crippen LogP contribution in [0.15, 0.2) is 60.7 Å². The fourth-order valence-corrected chi connectivity index (χ4v) is 6.48. The number of hydrogen-bond acceptors (Lipinski definition) is 3. The van der Waals surface area contributed by atoms with Crippen LogP contribution in [0.3, 0.4) is 0 Å². The smallest absolute Gasteiger partial charge is 0.0594 e. The van der Waals surface area contributed by atoms with Gasteiger partial charge >= 0.3 is 0 Å². The SMILES string of the molecule is CCCCCCCCCCCCCCCCCCN(C)C(c1ccccc1)C(c1ccccc1)N1CCOCC1. The van der Waals surface area contributed by atoms with Crippen molar-refractivity contribution in [3.05, 3.63) is 71.8 Å². The van der Waals surface area contributed by atoms with E-state index in [0.29, 0.717) is 12.1 Å². The third kappa shape index (κ3) is 12.5. The minimum Gasteiger partial charge on any atom is -0.379 e. The van der Waals surface area contributed by atoms with Gasteiger partial charge < -0.3 is 4.74 Å². The third-order valence-corrected chi connectivity index (χ3v) is 8.86. The predicted octanol–water partition coefficient (Wildman–Crippen LogP) is 9.99. The number of benzene rings is 2. The Bertz CT molecular complexity index is 836. The summed E-state index contributed by atoms with van der Waals surface area (Å²) in [5, 5.41) is 0. The highest BCUT2D eigenvalue weighted by molar-refractivity contribution is 5.28. The lowest BCUT2D eigenvalue weighted by Gasteiger charge is -2.43. The molecular formula is C37H60N2O. The van der Waals surface area contributed by atoms with E-state index in [9.17, 15) is 0 Å². The summed E-state index contributed by atoms with van der Waals surface area (Å²) in [5.41, 5.74) is 2.83. The molecule has 2 aromatic rings. The third-order valence-electron chi connectivity index (χ3n) is 8.86. The number of nitrogens with zero attached hydrogens (tertiary/aromatic N) is 2. The molecule has 1 heterocycles. The van der Waals surface area contributed by atoms with Crippen molar-refractivity contribution in [1.82, 2.24) is 9.80 Å². The predicted molar refractivity (Wildman–Crippen MR) is 173 cm³/mol. The second kappa shape index (κ2) is 21.1. The molecule has 224 valence electrons. The average Bonchev–Trinajstić information content (AvgIpc) is 3.00. The highest BCUT2D eigenvalue weighted by Gasteiger charge is 2.33. The molecule has 3 heteroatoms. The van der Waals surface area contributed by atoms with Gasteiger partial charge in [0.25, 0.3) is 0 Å². The maximum atomic E-state index is 5.74. The first-order chi connectivity index (χ1) is 19.8. The number of hydrogen-bond donors (Lipinski definition) is 0. The lowest BCUT2D eigenvalue weighted by atomic mass is 9.90. The van der Waals surface area contributed by atoms with Crippen molar-refractivity contribution in [3.8, 4) is 0 Å². The average molecular weight is 549 g/mol. The monoisotopic (exact) mass is 548 g/mol. The summed E-state index contributed by atoms with van der Waals surface area (Å²) in [7, 11) is 2.35. The van der Waals surface area contributed by atoms with Gasteiger partial charge in [0, 0.05) is 13.1 Å². The Labute approximate surface area is 247 Å². The molecular weight excluding hydrogens is 488 g/mol. The van der Waals surface area contributed by atoms with Gasteiger partial charge in [0.05, 0.1) is 25.3 Å². The van der Waals surface area contributed by atoms with Gasteiger partial charge in [-0.15, -0.1) is 0 Å². The van der Waals surface area contributed by atoms with Gasteiger partial charge in [-0.25, -0.2) is 0 Å². The second-order valence-electron chi connectivity index (χ2n) is 12.1. The van der Waals surface area contributed by atoms with E-state index in [1.807, 2.05) is 0 Å². The molecule has 0 bridgehead atoms. The fourth-order valence-electron chi connectivity index (χ4n) is 6.48. The van der Waals surface area contributed by atoms with Crippen LogP contribution in [0.2, 0.25) is 0 Å². The maximum Gasteiger partial charge on any atom is 0.0594 e. The summed E-state index contributed by atoms with van der Waals surface area (Å²) >= 11 is 0. The molecule has 3 nitrogen and oxygen atoms in total. The van der Waals surface area contributed by atoms with Crippen molar-refractivity contribution in [2.24, 2.45) is 0 Å². The van der Waals surface area contributed by atoms with Crippen LogP contribution in [-0.4, -0.2) is 49.7 Å². The molecule has 0 N–H and O–H groups in total. The number of rotatable bonds is 22. The molecule has 0 radical (unpaired) electrons. The van der Waals surface area contributed by atoms with E-state index in [4.69, 9.17) is 4.74 Å². The lowest BCUT2D eigenvalue weighted by molar-refractivity contribution is -0.00776. The molecule has 40 heavy (non-hydrogen) atoms. The molecule has 2 atom stereocenters. The zero-order chi connectivity index (χ0) is 28.1. The molecule has 1 aliphatic rings. The van der Waals surface area contributed by atoms with Crippen LogP contribution in [0.5, 0.6) is 0 Å². The number of unbranched alkanes of at least 4 members (excludes halogenated alkanes) is 15. The van der Waals surface area contributed by atoms with Crippen molar-refractivity contribution in [2.45, 2.75) is 122 Å². The maximum absolute atomic E-state index is 5.74. The van der Waals surface area contributed by atoms with Crippen molar-refractivity contribution in [3.63, 3.8) is 0 Å². The van der Waals surface area contributed by atoms with Crippen LogP contribution >= 0.6 is 0 Å². The first-order valence-electron chi connectivity index (χ1n) is 16.9. The normalized spacial score (nSPS) is 15.9. The Morgan fingerprint density at radius 2 is 1.02 bits per heavy atom. The van der Waals surface area contributed by atoms with E-state index in [1.54, 1.807) is 0 Å². The summed E-state index contributed by atoms with van der Waals surface area (Å²) in [6.07, 6.45) is 22.7. The summed E-state index contributed by atoms with van der Waals surface area (Å²) in [6.45, 7) is 7.09. The van der Waals surface area contributed by atoms with Gasteiger partial charge in [-0.05, 0) is 31.1 Å². The standard InChI is InChI=1S/C37H60N2O/c1-3-4-5-6-7-8-9-10-11-12-13-14-15-16-17-24-29-38(2)36(34-25-20-18-21-26-34)37(35-27-22-19-23-28-35)39-30-32-40-33-31-39/h18-23,25-28,36-37H,3-17,24,29-33H2,1-2H3. The summed E-state index contributed by atoms with van der Waals surface area (Å²) in [4.78, 5) is 5.28. The van der Waals surface area contributed by atoms with Crippen LogP contribution < -0.4 is 0 Å². The van der Waals surface area contributed by atoms with Crippen LogP contribution in [0.25, 0.3) is 0 Å². The van der Waals surface area contributed by atoms with E-state index in [1.165, 1.54) is 114 Å². The molecule has 0 amide bonds. The second-order valence-corrected chi connectivity index (χ2v) is 12.1. The molecule has 1 aliphatic heterocycles. The van der Waals surface area contributed by atoms with Crippen LogP contribution in [0, 0.1) is 0 Å². The topological polar surface area (TPSA) is 15.7 Å². The minimum absolute atomic E-state index is 0.332. The molecule has 2 unspecified atom stereocenters. The highest BCUT2D eigenvalue weighted by atomic mass is 16.5. The number of ether oxygens (including phenoxy) is 1. The van der Waals surface area contributed by atoms with Crippen molar-refractivity contribution in [1.29, 1.82) is 0 Å². The van der Waals surface area contributed by atoms with E-state index in [-0.39, 0.29) is 0 Å². The quantitative estimate of drug-likeness (QED) is 0.136. The number of morpholine rings is 1. The van der Waals surface area contributed by atoms with Crippen molar-refractivity contribution >= 4 is 0 Å². The van der Waals surface area contributed by atoms with Gasteiger partial charge in [-0.3, -0.25) is 9.80 Å². The van der Waals surface area contributed by atoms with Crippen molar-refractivity contribution < 1.29 is 4.74 Å². The lowest BCUT2D eigenvalue weighted by Crippen LogP contribution is -2.45. The van der Waals surface area contributed by atoms with Gasteiger partial charge in [0.1, 0.15) is 0 Å². The molecule has 3 rings (SSSR count). The Balaban J connectivity index is 1.38. The van der Waals surface area contributed by atoms with Gasteiger partial charge in [0.15, 0.2) is 0 Å².